The van der Waals surface area contributed by atoms with E-state index in [9.17, 15) is 28.8 Å². The highest BCUT2D eigenvalue weighted by atomic mass is 16.6. The lowest BCUT2D eigenvalue weighted by Crippen LogP contribution is -2.47. The molecule has 0 aliphatic rings. The van der Waals surface area contributed by atoms with Gasteiger partial charge in [0.2, 0.25) is 17.7 Å². The van der Waals surface area contributed by atoms with Crippen molar-refractivity contribution in [2.24, 2.45) is 17.1 Å². The fourth-order valence-electron chi connectivity index (χ4n) is 4.27. The molecule has 324 valence electrons. The Hall–Kier alpha value is -4.20. The topological polar surface area (TPSA) is 198 Å². The number of likely N-dealkylation sites (N-methyl/N-ethyl adjacent to an activating group) is 1. The van der Waals surface area contributed by atoms with Crippen LogP contribution in [0.25, 0.3) is 0 Å². The van der Waals surface area contributed by atoms with Crippen molar-refractivity contribution in [2.75, 3.05) is 38.6 Å². The minimum absolute atomic E-state index is 0.0338. The Kier molecular flexibility index (Phi) is 32.0. The van der Waals surface area contributed by atoms with Crippen molar-refractivity contribution < 1.29 is 38.2 Å². The first-order valence-corrected chi connectivity index (χ1v) is 20.3. The van der Waals surface area contributed by atoms with E-state index in [4.69, 9.17) is 15.2 Å². The minimum Gasteiger partial charge on any atom is -0.445 e. The van der Waals surface area contributed by atoms with Gasteiger partial charge in [0.25, 0.3) is 0 Å². The first-order chi connectivity index (χ1) is 26.2. The van der Waals surface area contributed by atoms with Crippen LogP contribution in [-0.2, 0) is 35.3 Å². The average molecular weight is 795 g/mol. The van der Waals surface area contributed by atoms with Crippen LogP contribution in [0.5, 0.6) is 0 Å². The molecule has 1 aromatic rings. The smallest absolute Gasteiger partial charge is 0.410 e. The SMILES string of the molecule is CC.CC.CCC.CCC(C)C(=O)CN(C)C(=O)OCc1ccc(NC(=O)C(CCCNC(N)=O)NC(=O)CNC(=O)CCC(C)(C)OCCC(C)(C)C)cc1. The second-order valence-electron chi connectivity index (χ2n) is 14.8. The Balaban J connectivity index is -0.00000375. The number of amides is 6. The molecule has 6 amide bonds. The van der Waals surface area contributed by atoms with Gasteiger partial charge >= 0.3 is 12.1 Å². The summed E-state index contributed by atoms with van der Waals surface area (Å²) >= 11 is 0. The first-order valence-electron chi connectivity index (χ1n) is 20.3. The summed E-state index contributed by atoms with van der Waals surface area (Å²) in [5, 5.41) is 10.4. The molecule has 0 saturated carbocycles. The monoisotopic (exact) mass is 795 g/mol. The molecule has 0 aromatic heterocycles. The number of rotatable bonds is 21. The number of nitrogens with one attached hydrogen (secondary N) is 4. The molecular weight excluding hydrogens is 716 g/mol. The van der Waals surface area contributed by atoms with Gasteiger partial charge in [0, 0.05) is 38.2 Å². The molecule has 1 aromatic carbocycles. The van der Waals surface area contributed by atoms with E-state index in [0.717, 1.165) is 6.42 Å². The molecule has 0 fully saturated rings. The van der Waals surface area contributed by atoms with E-state index >= 15 is 0 Å². The van der Waals surface area contributed by atoms with Gasteiger partial charge in [-0.25, -0.2) is 9.59 Å². The number of carbonyl (C=O) groups excluding carboxylic acids is 6. The van der Waals surface area contributed by atoms with Crippen molar-refractivity contribution in [1.82, 2.24) is 20.9 Å². The highest BCUT2D eigenvalue weighted by Crippen LogP contribution is 2.22. The number of ether oxygens (including phenoxy) is 2. The van der Waals surface area contributed by atoms with Gasteiger partial charge in [-0.15, -0.1) is 0 Å². The van der Waals surface area contributed by atoms with Crippen molar-refractivity contribution in [2.45, 2.75) is 153 Å². The number of nitrogens with two attached hydrogens (primary N) is 1. The van der Waals surface area contributed by atoms with E-state index in [2.05, 4.69) is 55.9 Å². The Morgan fingerprint density at radius 1 is 0.857 bits per heavy atom. The van der Waals surface area contributed by atoms with Gasteiger partial charge in [-0.2, -0.15) is 0 Å². The fourth-order valence-corrected chi connectivity index (χ4v) is 4.27. The number of benzene rings is 1. The molecule has 0 aliphatic carbocycles. The molecule has 0 saturated heterocycles. The van der Waals surface area contributed by atoms with Crippen LogP contribution in [0.3, 0.4) is 0 Å². The molecule has 0 spiro atoms. The maximum Gasteiger partial charge on any atom is 0.410 e. The highest BCUT2D eigenvalue weighted by molar-refractivity contribution is 5.97. The highest BCUT2D eigenvalue weighted by Gasteiger charge is 2.24. The molecule has 0 bridgehead atoms. The Bertz CT molecular complexity index is 1260. The van der Waals surface area contributed by atoms with Crippen LogP contribution in [0.4, 0.5) is 15.3 Å². The van der Waals surface area contributed by atoms with E-state index in [1.54, 1.807) is 24.3 Å². The predicted molar refractivity (Wildman–Crippen MR) is 226 cm³/mol. The van der Waals surface area contributed by atoms with Gasteiger partial charge in [0.1, 0.15) is 12.6 Å². The number of anilines is 1. The molecule has 14 nitrogen and oxygen atoms in total. The lowest BCUT2D eigenvalue weighted by Gasteiger charge is -2.27. The molecule has 0 aliphatic heterocycles. The number of hydrogen-bond acceptors (Lipinski definition) is 8. The van der Waals surface area contributed by atoms with Crippen LogP contribution in [0.15, 0.2) is 24.3 Å². The van der Waals surface area contributed by atoms with Crippen molar-refractivity contribution in [3.05, 3.63) is 29.8 Å². The number of urea groups is 1. The molecular formula is C42H78N6O8. The number of carbonyl (C=O) groups is 6. The summed E-state index contributed by atoms with van der Waals surface area (Å²) in [5.74, 6) is -1.55. The van der Waals surface area contributed by atoms with Crippen LogP contribution >= 0.6 is 0 Å². The summed E-state index contributed by atoms with van der Waals surface area (Å²) in [5.41, 5.74) is 5.86. The summed E-state index contributed by atoms with van der Waals surface area (Å²) in [7, 11) is 1.50. The molecule has 14 heteroatoms. The summed E-state index contributed by atoms with van der Waals surface area (Å²) in [6.07, 6.45) is 3.38. The molecule has 2 atom stereocenters. The third-order valence-corrected chi connectivity index (χ3v) is 7.82. The van der Waals surface area contributed by atoms with Gasteiger partial charge in [-0.05, 0) is 69.1 Å². The van der Waals surface area contributed by atoms with E-state index in [0.29, 0.717) is 37.1 Å². The number of hydrogen-bond donors (Lipinski definition) is 5. The second-order valence-corrected chi connectivity index (χ2v) is 14.8. The minimum atomic E-state index is -0.969. The van der Waals surface area contributed by atoms with Gasteiger partial charge in [0.05, 0.1) is 18.7 Å². The second kappa shape index (κ2) is 31.9. The molecule has 56 heavy (non-hydrogen) atoms. The van der Waals surface area contributed by atoms with E-state index in [1.807, 2.05) is 55.4 Å². The number of primary amides is 1. The predicted octanol–water partition coefficient (Wildman–Crippen LogP) is 7.34. The number of nitrogens with zero attached hydrogens (tertiary/aromatic N) is 1. The lowest BCUT2D eigenvalue weighted by atomic mass is 9.93. The van der Waals surface area contributed by atoms with E-state index in [-0.39, 0.29) is 62.1 Å². The summed E-state index contributed by atoms with van der Waals surface area (Å²) in [6, 6.07) is 4.92. The Morgan fingerprint density at radius 2 is 1.43 bits per heavy atom. The molecule has 6 N–H and O–H groups in total. The Morgan fingerprint density at radius 3 is 1.95 bits per heavy atom. The fraction of sp³-hybridized carbons (Fsp3) is 0.714. The average Bonchev–Trinajstić information content (AvgIpc) is 3.14. The molecule has 0 heterocycles. The van der Waals surface area contributed by atoms with Crippen LogP contribution in [0, 0.1) is 11.3 Å². The standard InChI is InChI=1S/C35H58N6O8.C3H8.2C2H6/c1-9-24(2)28(42)22-41(8)33(47)48-23-25-12-14-26(15-13-25)39-31(45)27(11-10-19-37-32(36)46)40-30(44)21-38-29(43)16-17-35(6,7)49-20-18-34(3,4)5;1-3-2;2*1-2/h12-15,24,27H,9-11,16-23H2,1-8H3,(H,38,43)(H,39,45)(H,40,44)(H3,36,37,46);3H2,1-2H3;2*1-2H3. The van der Waals surface area contributed by atoms with Crippen LogP contribution < -0.4 is 27.0 Å². The van der Waals surface area contributed by atoms with Crippen molar-refractivity contribution in [3.63, 3.8) is 0 Å². The lowest BCUT2D eigenvalue weighted by molar-refractivity contribution is -0.129. The number of Topliss-reactive ketones (excluding diaryl/α,β-unsaturated/α-hetero) is 1. The van der Waals surface area contributed by atoms with Gasteiger partial charge in [0.15, 0.2) is 5.78 Å². The zero-order valence-corrected chi connectivity index (χ0v) is 37.2. The van der Waals surface area contributed by atoms with Crippen molar-refractivity contribution in [1.29, 1.82) is 0 Å². The summed E-state index contributed by atoms with van der Waals surface area (Å²) < 4.78 is 11.3. The normalized spacial score (nSPS) is 11.6. The zero-order chi connectivity index (χ0) is 43.9. The van der Waals surface area contributed by atoms with Gasteiger partial charge < -0.3 is 41.4 Å². The van der Waals surface area contributed by atoms with Crippen LogP contribution in [0.1, 0.15) is 141 Å². The van der Waals surface area contributed by atoms with Gasteiger partial charge in [-0.3, -0.25) is 19.2 Å². The molecule has 1 rings (SSSR count). The quantitative estimate of drug-likeness (QED) is 0.0797. The van der Waals surface area contributed by atoms with E-state index in [1.165, 1.54) is 18.4 Å². The first kappa shape index (κ1) is 56.1. The largest absolute Gasteiger partial charge is 0.445 e. The van der Waals surface area contributed by atoms with Crippen LogP contribution in [-0.4, -0.2) is 85.5 Å². The zero-order valence-electron chi connectivity index (χ0n) is 37.2. The number of ketones is 1. The van der Waals surface area contributed by atoms with E-state index < -0.39 is 35.6 Å². The maximum atomic E-state index is 13.2. The maximum absolute atomic E-state index is 13.2. The van der Waals surface area contributed by atoms with Crippen LogP contribution in [0.2, 0.25) is 0 Å². The molecule has 2 unspecified atom stereocenters. The third-order valence-electron chi connectivity index (χ3n) is 7.82. The van der Waals surface area contributed by atoms with Gasteiger partial charge in [-0.1, -0.05) is 94.7 Å². The summed E-state index contributed by atoms with van der Waals surface area (Å²) in [6.45, 7) is 26.6. The third kappa shape index (κ3) is 30.1. The molecule has 0 radical (unpaired) electrons. The van der Waals surface area contributed by atoms with Crippen molar-refractivity contribution >= 4 is 41.3 Å². The van der Waals surface area contributed by atoms with Crippen molar-refractivity contribution in [3.8, 4) is 0 Å². The Labute approximate surface area is 338 Å². The summed E-state index contributed by atoms with van der Waals surface area (Å²) in [4.78, 5) is 75.1.